The number of hydrogen-bond acceptors (Lipinski definition) is 4. The predicted octanol–water partition coefficient (Wildman–Crippen LogP) is 2.40. The van der Waals surface area contributed by atoms with Crippen molar-refractivity contribution in [1.29, 1.82) is 0 Å². The fourth-order valence-corrected chi connectivity index (χ4v) is 2.09. The SMILES string of the molecule is c1cncc(COc2ccc(C3=NCCCN3)cc2)c1. The van der Waals surface area contributed by atoms with Crippen molar-refractivity contribution >= 4 is 5.84 Å². The summed E-state index contributed by atoms with van der Waals surface area (Å²) >= 11 is 0. The highest BCUT2D eigenvalue weighted by atomic mass is 16.5. The lowest BCUT2D eigenvalue weighted by Gasteiger charge is -2.15. The van der Waals surface area contributed by atoms with E-state index in [1.165, 1.54) is 0 Å². The third kappa shape index (κ3) is 3.15. The van der Waals surface area contributed by atoms with Crippen molar-refractivity contribution in [3.05, 3.63) is 59.9 Å². The zero-order valence-corrected chi connectivity index (χ0v) is 11.2. The van der Waals surface area contributed by atoms with Crippen molar-refractivity contribution in [3.63, 3.8) is 0 Å². The van der Waals surface area contributed by atoms with Crippen molar-refractivity contribution in [1.82, 2.24) is 10.3 Å². The molecule has 4 heteroatoms. The number of ether oxygens (including phenoxy) is 1. The molecule has 1 aliphatic heterocycles. The molecule has 0 saturated heterocycles. The molecule has 1 aliphatic rings. The van der Waals surface area contributed by atoms with Crippen LogP contribution >= 0.6 is 0 Å². The minimum Gasteiger partial charge on any atom is -0.489 e. The molecule has 0 radical (unpaired) electrons. The lowest BCUT2D eigenvalue weighted by atomic mass is 10.2. The highest BCUT2D eigenvalue weighted by Crippen LogP contribution is 2.14. The van der Waals surface area contributed by atoms with Gasteiger partial charge in [0.15, 0.2) is 0 Å². The summed E-state index contributed by atoms with van der Waals surface area (Å²) in [6.45, 7) is 2.44. The lowest BCUT2D eigenvalue weighted by Crippen LogP contribution is -2.30. The van der Waals surface area contributed by atoms with Gasteiger partial charge >= 0.3 is 0 Å². The average Bonchev–Trinajstić information content (AvgIpc) is 2.55. The van der Waals surface area contributed by atoms with Crippen LogP contribution in [0, 0.1) is 0 Å². The highest BCUT2D eigenvalue weighted by molar-refractivity contribution is 5.99. The van der Waals surface area contributed by atoms with Crippen molar-refractivity contribution in [2.24, 2.45) is 4.99 Å². The summed E-state index contributed by atoms with van der Waals surface area (Å²) in [7, 11) is 0. The summed E-state index contributed by atoms with van der Waals surface area (Å²) in [4.78, 5) is 8.55. The maximum atomic E-state index is 5.73. The molecule has 0 aliphatic carbocycles. The van der Waals surface area contributed by atoms with Gasteiger partial charge in [-0.25, -0.2) is 0 Å². The van der Waals surface area contributed by atoms with Crippen LogP contribution in [-0.2, 0) is 6.61 Å². The van der Waals surface area contributed by atoms with Gasteiger partial charge in [-0.3, -0.25) is 9.98 Å². The number of aromatic nitrogens is 1. The molecular weight excluding hydrogens is 250 g/mol. The van der Waals surface area contributed by atoms with E-state index in [1.54, 1.807) is 6.20 Å². The first-order valence-corrected chi connectivity index (χ1v) is 6.82. The van der Waals surface area contributed by atoms with Crippen molar-refractivity contribution < 1.29 is 4.74 Å². The Bertz CT molecular complexity index is 578. The number of nitrogens with zero attached hydrogens (tertiary/aromatic N) is 2. The zero-order chi connectivity index (χ0) is 13.6. The maximum absolute atomic E-state index is 5.73. The van der Waals surface area contributed by atoms with Gasteiger partial charge in [0, 0.05) is 36.6 Å². The summed E-state index contributed by atoms with van der Waals surface area (Å²) in [5.74, 6) is 1.84. The third-order valence-electron chi connectivity index (χ3n) is 3.15. The quantitative estimate of drug-likeness (QED) is 0.925. The molecule has 4 nitrogen and oxygen atoms in total. The first-order chi connectivity index (χ1) is 9.92. The Morgan fingerprint density at radius 2 is 2.05 bits per heavy atom. The summed E-state index contributed by atoms with van der Waals surface area (Å²) in [5.41, 5.74) is 2.17. The summed E-state index contributed by atoms with van der Waals surface area (Å²) in [5, 5.41) is 3.31. The normalized spacial score (nSPS) is 14.3. The van der Waals surface area contributed by atoms with E-state index in [9.17, 15) is 0 Å². The second-order valence-electron chi connectivity index (χ2n) is 4.68. The number of amidine groups is 1. The summed E-state index contributed by atoms with van der Waals surface area (Å²) < 4.78 is 5.73. The van der Waals surface area contributed by atoms with E-state index in [0.717, 1.165) is 42.2 Å². The highest BCUT2D eigenvalue weighted by Gasteiger charge is 2.06. The second-order valence-corrected chi connectivity index (χ2v) is 4.68. The van der Waals surface area contributed by atoms with Gasteiger partial charge in [-0.2, -0.15) is 0 Å². The number of rotatable bonds is 4. The summed E-state index contributed by atoms with van der Waals surface area (Å²) in [6, 6.07) is 11.9. The Morgan fingerprint density at radius 1 is 1.15 bits per heavy atom. The van der Waals surface area contributed by atoms with Crippen LogP contribution in [0.1, 0.15) is 17.5 Å². The molecule has 0 unspecified atom stereocenters. The van der Waals surface area contributed by atoms with Crippen LogP contribution in [-0.4, -0.2) is 23.9 Å². The topological polar surface area (TPSA) is 46.5 Å². The Morgan fingerprint density at radius 3 is 2.75 bits per heavy atom. The lowest BCUT2D eigenvalue weighted by molar-refractivity contribution is 0.306. The van der Waals surface area contributed by atoms with E-state index >= 15 is 0 Å². The molecule has 0 saturated carbocycles. The summed E-state index contributed by atoms with van der Waals surface area (Å²) in [6.07, 6.45) is 4.68. The van der Waals surface area contributed by atoms with Gasteiger partial charge in [-0.15, -0.1) is 0 Å². The van der Waals surface area contributed by atoms with Crippen LogP contribution in [0.5, 0.6) is 5.75 Å². The van der Waals surface area contributed by atoms with Gasteiger partial charge in [0.1, 0.15) is 18.2 Å². The molecular formula is C16H17N3O. The van der Waals surface area contributed by atoms with E-state index in [4.69, 9.17) is 4.74 Å². The average molecular weight is 267 g/mol. The molecule has 1 aromatic heterocycles. The van der Waals surface area contributed by atoms with Crippen molar-refractivity contribution in [3.8, 4) is 5.75 Å². The fraction of sp³-hybridized carbons (Fsp3) is 0.250. The zero-order valence-electron chi connectivity index (χ0n) is 11.2. The largest absolute Gasteiger partial charge is 0.489 e. The molecule has 1 N–H and O–H groups in total. The third-order valence-corrected chi connectivity index (χ3v) is 3.15. The number of nitrogens with one attached hydrogen (secondary N) is 1. The van der Waals surface area contributed by atoms with Crippen LogP contribution in [0.25, 0.3) is 0 Å². The smallest absolute Gasteiger partial charge is 0.128 e. The minimum absolute atomic E-state index is 0.534. The van der Waals surface area contributed by atoms with Gasteiger partial charge in [0.05, 0.1) is 0 Å². The van der Waals surface area contributed by atoms with Crippen LogP contribution in [0.4, 0.5) is 0 Å². The van der Waals surface area contributed by atoms with Crippen LogP contribution in [0.15, 0.2) is 53.8 Å². The van der Waals surface area contributed by atoms with Crippen molar-refractivity contribution in [2.75, 3.05) is 13.1 Å². The standard InChI is InChI=1S/C16H17N3O/c1-3-13(11-17-8-1)12-20-15-6-4-14(5-7-15)16-18-9-2-10-19-16/h1,3-8,11H,2,9-10,12H2,(H,18,19). The number of aliphatic imine (C=N–C) groups is 1. The molecule has 2 heterocycles. The molecule has 20 heavy (non-hydrogen) atoms. The second kappa shape index (κ2) is 6.19. The molecule has 3 rings (SSSR count). The minimum atomic E-state index is 0.534. The molecule has 2 aromatic rings. The van der Waals surface area contributed by atoms with E-state index in [-0.39, 0.29) is 0 Å². The molecule has 1 aromatic carbocycles. The first-order valence-electron chi connectivity index (χ1n) is 6.82. The van der Waals surface area contributed by atoms with E-state index < -0.39 is 0 Å². The predicted molar refractivity (Wildman–Crippen MR) is 79.0 cm³/mol. The Labute approximate surface area is 118 Å². The van der Waals surface area contributed by atoms with Crippen LogP contribution in [0.2, 0.25) is 0 Å². The Kier molecular flexibility index (Phi) is 3.92. The molecule has 0 spiro atoms. The molecule has 0 fully saturated rings. The molecule has 0 bridgehead atoms. The van der Waals surface area contributed by atoms with E-state index in [0.29, 0.717) is 6.61 Å². The van der Waals surface area contributed by atoms with Gasteiger partial charge in [0.25, 0.3) is 0 Å². The van der Waals surface area contributed by atoms with Gasteiger partial charge in [-0.1, -0.05) is 6.07 Å². The van der Waals surface area contributed by atoms with Gasteiger partial charge < -0.3 is 10.1 Å². The Hall–Kier alpha value is -2.36. The molecule has 0 atom stereocenters. The van der Waals surface area contributed by atoms with Gasteiger partial charge in [-0.05, 0) is 36.8 Å². The van der Waals surface area contributed by atoms with Gasteiger partial charge in [0.2, 0.25) is 0 Å². The monoisotopic (exact) mass is 267 g/mol. The molecule has 0 amide bonds. The number of benzene rings is 1. The molecule has 102 valence electrons. The van der Waals surface area contributed by atoms with E-state index in [1.807, 2.05) is 42.6 Å². The number of pyridine rings is 1. The fourth-order valence-electron chi connectivity index (χ4n) is 2.09. The van der Waals surface area contributed by atoms with Crippen molar-refractivity contribution in [2.45, 2.75) is 13.0 Å². The maximum Gasteiger partial charge on any atom is 0.128 e. The number of hydrogen-bond donors (Lipinski definition) is 1. The van der Waals surface area contributed by atoms with Crippen LogP contribution < -0.4 is 10.1 Å². The van der Waals surface area contributed by atoms with E-state index in [2.05, 4.69) is 15.3 Å². The van der Waals surface area contributed by atoms with Crippen LogP contribution in [0.3, 0.4) is 0 Å². The Balaban J connectivity index is 1.63. The first kappa shape index (κ1) is 12.7.